The van der Waals surface area contributed by atoms with Crippen molar-refractivity contribution in [3.05, 3.63) is 41.4 Å². The van der Waals surface area contributed by atoms with E-state index < -0.39 is 19.0 Å². The van der Waals surface area contributed by atoms with E-state index >= 15 is 0 Å². The van der Waals surface area contributed by atoms with Gasteiger partial charge in [0.25, 0.3) is 0 Å². The van der Waals surface area contributed by atoms with Crippen molar-refractivity contribution in [3.8, 4) is 0 Å². The molecular formula is C11H13N2O7P. The third-order valence-corrected chi connectivity index (χ3v) is 3.58. The van der Waals surface area contributed by atoms with Gasteiger partial charge in [0.15, 0.2) is 0 Å². The van der Waals surface area contributed by atoms with Crippen LogP contribution in [-0.2, 0) is 39.8 Å². The van der Waals surface area contributed by atoms with Gasteiger partial charge in [0.1, 0.15) is 6.61 Å². The predicted octanol–water partition coefficient (Wildman–Crippen LogP) is 1.71. The number of nitrogens with zero attached hydrogens (tertiary/aromatic N) is 2. The van der Waals surface area contributed by atoms with Gasteiger partial charge < -0.3 is 10.3 Å². The molecule has 0 saturated heterocycles. The second-order valence-electron chi connectivity index (χ2n) is 3.47. The Morgan fingerprint density at radius 1 is 1.19 bits per heavy atom. The minimum Gasteiger partial charge on any atom is -0.452 e. The summed E-state index contributed by atoms with van der Waals surface area (Å²) in [6.07, 6.45) is 0. The molecule has 10 heteroatoms. The fourth-order valence-electron chi connectivity index (χ4n) is 1.27. The molecule has 1 aromatic rings. The van der Waals surface area contributed by atoms with Gasteiger partial charge in [-0.25, -0.2) is 19.1 Å². The van der Waals surface area contributed by atoms with Crippen molar-refractivity contribution in [2.45, 2.75) is 6.61 Å². The molecular weight excluding hydrogens is 303 g/mol. The van der Waals surface area contributed by atoms with Crippen LogP contribution < -0.4 is 0 Å². The number of carbonyl (C=O) groups is 1. The van der Waals surface area contributed by atoms with Gasteiger partial charge in [0.05, 0.1) is 14.2 Å². The SMILES string of the molecule is COOP(=O)(OOC)C(=[N+]=[N-])C(=O)OCc1ccccc1. The Hall–Kier alpha value is -1.86. The van der Waals surface area contributed by atoms with E-state index in [1.165, 1.54) is 0 Å². The van der Waals surface area contributed by atoms with Crippen LogP contribution in [0.3, 0.4) is 0 Å². The van der Waals surface area contributed by atoms with Crippen LogP contribution >= 0.6 is 7.60 Å². The minimum absolute atomic E-state index is 0.126. The van der Waals surface area contributed by atoms with Crippen molar-refractivity contribution in [2.24, 2.45) is 0 Å². The molecule has 0 aliphatic carbocycles. The molecule has 21 heavy (non-hydrogen) atoms. The molecule has 0 N–H and O–H groups in total. The van der Waals surface area contributed by atoms with E-state index in [0.29, 0.717) is 5.56 Å². The van der Waals surface area contributed by atoms with Crippen molar-refractivity contribution < 1.29 is 38.0 Å². The van der Waals surface area contributed by atoms with Crippen LogP contribution in [0.5, 0.6) is 0 Å². The summed E-state index contributed by atoms with van der Waals surface area (Å²) in [5, 5.41) is 0. The molecule has 0 atom stereocenters. The van der Waals surface area contributed by atoms with Crippen molar-refractivity contribution in [1.82, 2.24) is 0 Å². The quantitative estimate of drug-likeness (QED) is 0.136. The van der Waals surface area contributed by atoms with Gasteiger partial charge in [-0.3, -0.25) is 0 Å². The molecule has 0 heterocycles. The van der Waals surface area contributed by atoms with Gasteiger partial charge in [0.2, 0.25) is 0 Å². The summed E-state index contributed by atoms with van der Waals surface area (Å²) >= 11 is 0. The normalized spacial score (nSPS) is 10.8. The van der Waals surface area contributed by atoms with Crippen molar-refractivity contribution >= 4 is 19.0 Å². The Kier molecular flexibility index (Phi) is 6.90. The molecule has 0 aromatic heterocycles. The van der Waals surface area contributed by atoms with Gasteiger partial charge in [-0.15, -0.1) is 14.1 Å². The molecule has 0 radical (unpaired) electrons. The van der Waals surface area contributed by atoms with Gasteiger partial charge in [0, 0.05) is 0 Å². The number of hydrogen-bond acceptors (Lipinski definition) is 7. The largest absolute Gasteiger partial charge is 0.504 e. The van der Waals surface area contributed by atoms with Crippen molar-refractivity contribution in [2.75, 3.05) is 14.2 Å². The molecule has 0 aliphatic heterocycles. The Bertz CT molecular complexity index is 561. The van der Waals surface area contributed by atoms with Crippen LogP contribution in [0.1, 0.15) is 5.56 Å². The average Bonchev–Trinajstić information content (AvgIpc) is 2.47. The summed E-state index contributed by atoms with van der Waals surface area (Å²) in [5.74, 6) is -1.21. The van der Waals surface area contributed by atoms with Crippen molar-refractivity contribution in [3.63, 3.8) is 0 Å². The van der Waals surface area contributed by atoms with E-state index in [-0.39, 0.29) is 6.61 Å². The van der Waals surface area contributed by atoms with Crippen LogP contribution in [0.25, 0.3) is 5.53 Å². The summed E-state index contributed by atoms with van der Waals surface area (Å²) in [6.45, 7) is -0.126. The highest BCUT2D eigenvalue weighted by atomic mass is 31.2. The number of benzene rings is 1. The fourth-order valence-corrected chi connectivity index (χ4v) is 2.23. The lowest BCUT2D eigenvalue weighted by molar-refractivity contribution is -0.240. The Morgan fingerprint density at radius 2 is 1.76 bits per heavy atom. The highest BCUT2D eigenvalue weighted by molar-refractivity contribution is 7.74. The number of rotatable bonds is 8. The third kappa shape index (κ3) is 4.87. The molecule has 0 amide bonds. The average molecular weight is 316 g/mol. The zero-order valence-corrected chi connectivity index (χ0v) is 12.2. The van der Waals surface area contributed by atoms with Gasteiger partial charge in [-0.05, 0) is 5.56 Å². The molecule has 0 fully saturated rings. The molecule has 0 saturated carbocycles. The molecule has 9 nitrogen and oxygen atoms in total. The van der Waals surface area contributed by atoms with E-state index in [0.717, 1.165) is 14.2 Å². The predicted molar refractivity (Wildman–Crippen MR) is 68.7 cm³/mol. The number of carbonyl (C=O) groups excluding carboxylic acids is 1. The first-order valence-electron chi connectivity index (χ1n) is 5.56. The molecule has 1 aromatic carbocycles. The van der Waals surface area contributed by atoms with Crippen LogP contribution in [0.4, 0.5) is 0 Å². The first-order chi connectivity index (χ1) is 10.1. The summed E-state index contributed by atoms with van der Waals surface area (Å²) in [5.41, 5.74) is 8.49. The number of ether oxygens (including phenoxy) is 1. The maximum absolute atomic E-state index is 12.1. The van der Waals surface area contributed by atoms with Gasteiger partial charge in [-0.1, -0.05) is 30.3 Å². The molecule has 0 unspecified atom stereocenters. The van der Waals surface area contributed by atoms with E-state index in [2.05, 4.69) is 23.9 Å². The summed E-state index contributed by atoms with van der Waals surface area (Å²) in [4.78, 5) is 22.7. The summed E-state index contributed by atoms with van der Waals surface area (Å²) < 4.78 is 25.6. The van der Waals surface area contributed by atoms with Gasteiger partial charge in [-0.2, -0.15) is 0 Å². The molecule has 0 bridgehead atoms. The maximum atomic E-state index is 12.1. The molecule has 1 rings (SSSR count). The number of hydrogen-bond donors (Lipinski definition) is 0. The van der Waals surface area contributed by atoms with Crippen LogP contribution in [-0.4, -0.2) is 30.4 Å². The van der Waals surface area contributed by atoms with Crippen LogP contribution in [0.15, 0.2) is 30.3 Å². The standard InChI is InChI=1S/C11H13N2O7P/c1-16-19-21(15,20-17-2)10(13-12)11(14)18-8-9-6-4-3-5-7-9/h3-7H,8H2,1-2H3. The molecule has 0 spiro atoms. The summed E-state index contributed by atoms with van der Waals surface area (Å²) in [6, 6.07) is 8.70. The van der Waals surface area contributed by atoms with Crippen molar-refractivity contribution in [1.29, 1.82) is 0 Å². The van der Waals surface area contributed by atoms with Gasteiger partial charge >= 0.3 is 19.0 Å². The maximum Gasteiger partial charge on any atom is 0.504 e. The van der Waals surface area contributed by atoms with E-state index in [1.54, 1.807) is 30.3 Å². The Labute approximate surface area is 120 Å². The zero-order valence-electron chi connectivity index (χ0n) is 11.3. The third-order valence-electron chi connectivity index (χ3n) is 2.09. The zero-order chi connectivity index (χ0) is 15.7. The summed E-state index contributed by atoms with van der Waals surface area (Å²) in [7, 11) is -2.38. The van der Waals surface area contributed by atoms with Crippen LogP contribution in [0.2, 0.25) is 0 Å². The monoisotopic (exact) mass is 316 g/mol. The lowest BCUT2D eigenvalue weighted by Gasteiger charge is -2.09. The Morgan fingerprint density at radius 3 is 2.24 bits per heavy atom. The highest BCUT2D eigenvalue weighted by Crippen LogP contribution is 2.49. The number of esters is 1. The lowest BCUT2D eigenvalue weighted by Crippen LogP contribution is -2.21. The van der Waals surface area contributed by atoms with E-state index in [4.69, 9.17) is 10.3 Å². The highest BCUT2D eigenvalue weighted by Gasteiger charge is 2.50. The van der Waals surface area contributed by atoms with E-state index in [9.17, 15) is 9.36 Å². The first-order valence-corrected chi connectivity index (χ1v) is 7.10. The second kappa shape index (κ2) is 8.43. The Balaban J connectivity index is 2.81. The first kappa shape index (κ1) is 17.2. The van der Waals surface area contributed by atoms with E-state index in [1.807, 2.05) is 0 Å². The smallest absolute Gasteiger partial charge is 0.452 e. The fraction of sp³-hybridized carbons (Fsp3) is 0.273. The molecule has 0 aliphatic rings. The lowest BCUT2D eigenvalue weighted by atomic mass is 10.2. The topological polar surface area (TPSA) is 117 Å². The minimum atomic E-state index is -4.43. The second-order valence-corrected chi connectivity index (χ2v) is 5.18. The molecule has 114 valence electrons. The van der Waals surface area contributed by atoms with Crippen LogP contribution in [0, 0.1) is 0 Å².